The largest absolute Gasteiger partial charge is 0.497 e. The van der Waals surface area contributed by atoms with Crippen LogP contribution < -0.4 is 10.1 Å². The smallest absolute Gasteiger partial charge is 0.293 e. The van der Waals surface area contributed by atoms with Gasteiger partial charge in [0.25, 0.3) is 5.91 Å². The summed E-state index contributed by atoms with van der Waals surface area (Å²) in [6.45, 7) is 0. The molecule has 2 aromatic heterocycles. The SMILES string of the molecule is COc1ccc(-c2nc3c4cccc(Br)c4nc(NC4=CSCC=NC4=O)n3n2)cc1. The monoisotopic (exact) mass is 494 g/mol. The standard InChI is InChI=1S/C21H15BrN6O2S/c1-30-13-7-5-12(6-8-13)18-26-19-14-3-2-4-15(22)17(14)25-21(28(19)27-18)24-16-11-31-10-9-23-20(16)29/h2-9,11H,10H2,1H3,(H,24,25). The fraction of sp³-hybridized carbons (Fsp3) is 0.0952. The number of hydrogen-bond acceptors (Lipinski definition) is 7. The summed E-state index contributed by atoms with van der Waals surface area (Å²) >= 11 is 5.04. The topological polar surface area (TPSA) is 93.8 Å². The van der Waals surface area contributed by atoms with E-state index in [-0.39, 0.29) is 5.91 Å². The maximum absolute atomic E-state index is 12.3. The number of aromatic nitrogens is 4. The van der Waals surface area contributed by atoms with Crippen LogP contribution in [0.25, 0.3) is 27.9 Å². The molecule has 1 amide bonds. The van der Waals surface area contributed by atoms with Crippen LogP contribution in [0.15, 0.2) is 63.0 Å². The number of aliphatic imine (C=N–C) groups is 1. The van der Waals surface area contributed by atoms with Crippen LogP contribution >= 0.6 is 27.7 Å². The number of benzene rings is 2. The molecule has 4 aromatic rings. The zero-order valence-corrected chi connectivity index (χ0v) is 18.6. The molecule has 0 atom stereocenters. The van der Waals surface area contributed by atoms with Crippen molar-refractivity contribution in [2.75, 3.05) is 18.2 Å². The highest BCUT2D eigenvalue weighted by Crippen LogP contribution is 2.29. The first-order chi connectivity index (χ1) is 15.1. The van der Waals surface area contributed by atoms with Crippen LogP contribution in [0.4, 0.5) is 5.95 Å². The fourth-order valence-corrected chi connectivity index (χ4v) is 4.20. The van der Waals surface area contributed by atoms with Crippen LogP contribution in [0, 0.1) is 0 Å². The molecular weight excluding hydrogens is 480 g/mol. The van der Waals surface area contributed by atoms with Crippen LogP contribution in [0.3, 0.4) is 0 Å². The van der Waals surface area contributed by atoms with Crippen molar-refractivity contribution < 1.29 is 9.53 Å². The Bertz CT molecular complexity index is 1380. The molecule has 0 aliphatic carbocycles. The van der Waals surface area contributed by atoms with E-state index in [9.17, 15) is 4.79 Å². The maximum Gasteiger partial charge on any atom is 0.293 e. The molecule has 3 heterocycles. The van der Waals surface area contributed by atoms with Gasteiger partial charge in [0.05, 0.1) is 12.6 Å². The molecule has 1 N–H and O–H groups in total. The molecule has 0 saturated heterocycles. The summed E-state index contributed by atoms with van der Waals surface area (Å²) in [5, 5.41) is 10.4. The average molecular weight is 495 g/mol. The van der Waals surface area contributed by atoms with E-state index in [2.05, 4.69) is 31.3 Å². The minimum absolute atomic E-state index is 0.334. The molecule has 2 aromatic carbocycles. The highest BCUT2D eigenvalue weighted by atomic mass is 79.9. The third-order valence-corrected chi connectivity index (χ3v) is 6.04. The lowest BCUT2D eigenvalue weighted by Gasteiger charge is -2.10. The number of thioether (sulfide) groups is 1. The number of nitrogens with one attached hydrogen (secondary N) is 1. The third kappa shape index (κ3) is 3.68. The summed E-state index contributed by atoms with van der Waals surface area (Å²) in [4.78, 5) is 25.8. The van der Waals surface area contributed by atoms with Crippen LogP contribution in [0.2, 0.25) is 0 Å². The number of anilines is 1. The minimum Gasteiger partial charge on any atom is -0.497 e. The number of amides is 1. The van der Waals surface area contributed by atoms with Crippen molar-refractivity contribution in [3.63, 3.8) is 0 Å². The van der Waals surface area contributed by atoms with Gasteiger partial charge in [-0.2, -0.15) is 4.52 Å². The van der Waals surface area contributed by atoms with Gasteiger partial charge in [-0.15, -0.1) is 16.9 Å². The molecule has 1 aliphatic rings. The van der Waals surface area contributed by atoms with E-state index in [1.807, 2.05) is 42.5 Å². The van der Waals surface area contributed by atoms with Crippen LogP contribution in [-0.4, -0.2) is 44.6 Å². The van der Waals surface area contributed by atoms with Crippen LogP contribution in [-0.2, 0) is 4.79 Å². The molecule has 0 radical (unpaired) electrons. The van der Waals surface area contributed by atoms with E-state index < -0.39 is 0 Å². The second kappa shape index (κ2) is 8.12. The van der Waals surface area contributed by atoms with E-state index in [1.54, 1.807) is 23.2 Å². The quantitative estimate of drug-likeness (QED) is 0.451. The first kappa shape index (κ1) is 19.7. The van der Waals surface area contributed by atoms with Gasteiger partial charge in [-0.1, -0.05) is 6.07 Å². The summed E-state index contributed by atoms with van der Waals surface area (Å²) in [6, 6.07) is 13.3. The average Bonchev–Trinajstić information content (AvgIpc) is 3.15. The van der Waals surface area contributed by atoms with Gasteiger partial charge in [-0.05, 0) is 52.3 Å². The molecule has 10 heteroatoms. The Morgan fingerprint density at radius 2 is 2.00 bits per heavy atom. The van der Waals surface area contributed by atoms with Crippen molar-refractivity contribution in [2.45, 2.75) is 0 Å². The van der Waals surface area contributed by atoms with Crippen molar-refractivity contribution in [3.8, 4) is 17.1 Å². The highest BCUT2D eigenvalue weighted by Gasteiger charge is 2.19. The van der Waals surface area contributed by atoms with Gasteiger partial charge in [0, 0.05) is 32.8 Å². The van der Waals surface area contributed by atoms with Gasteiger partial charge >= 0.3 is 0 Å². The molecule has 5 rings (SSSR count). The van der Waals surface area contributed by atoms with E-state index in [0.29, 0.717) is 34.4 Å². The van der Waals surface area contributed by atoms with E-state index in [0.717, 1.165) is 21.2 Å². The van der Waals surface area contributed by atoms with Crippen molar-refractivity contribution in [1.82, 2.24) is 19.6 Å². The number of hydrogen-bond donors (Lipinski definition) is 1. The van der Waals surface area contributed by atoms with E-state index in [1.165, 1.54) is 11.8 Å². The number of halogens is 1. The highest BCUT2D eigenvalue weighted by molar-refractivity contribution is 9.10. The summed E-state index contributed by atoms with van der Waals surface area (Å²) in [6.07, 6.45) is 1.59. The molecule has 0 fully saturated rings. The number of carbonyl (C=O) groups excluding carboxylic acids is 1. The number of carbonyl (C=O) groups is 1. The third-order valence-electron chi connectivity index (χ3n) is 4.66. The molecule has 0 bridgehead atoms. The van der Waals surface area contributed by atoms with Crippen LogP contribution in [0.1, 0.15) is 0 Å². The number of methoxy groups -OCH3 is 1. The van der Waals surface area contributed by atoms with E-state index >= 15 is 0 Å². The second-order valence-electron chi connectivity index (χ2n) is 6.58. The molecular formula is C21H15BrN6O2S. The summed E-state index contributed by atoms with van der Waals surface area (Å²) < 4.78 is 7.67. The Labute approximate surface area is 189 Å². The molecule has 0 unspecified atom stereocenters. The van der Waals surface area contributed by atoms with Crippen molar-refractivity contribution >= 4 is 62.3 Å². The summed E-state index contributed by atoms with van der Waals surface area (Å²) in [5.74, 6) is 1.94. The van der Waals surface area contributed by atoms with Gasteiger partial charge in [0.2, 0.25) is 5.95 Å². The summed E-state index contributed by atoms with van der Waals surface area (Å²) in [5.41, 5.74) is 2.51. The number of fused-ring (bicyclic) bond motifs is 3. The van der Waals surface area contributed by atoms with E-state index in [4.69, 9.17) is 14.7 Å². The minimum atomic E-state index is -0.359. The Hall–Kier alpha value is -3.24. The number of ether oxygens (including phenoxy) is 1. The molecule has 0 saturated carbocycles. The molecule has 0 spiro atoms. The predicted octanol–water partition coefficient (Wildman–Crippen LogP) is 4.31. The Kier molecular flexibility index (Phi) is 5.16. The predicted molar refractivity (Wildman–Crippen MR) is 126 cm³/mol. The molecule has 31 heavy (non-hydrogen) atoms. The first-order valence-corrected chi connectivity index (χ1v) is 11.1. The van der Waals surface area contributed by atoms with Crippen LogP contribution in [0.5, 0.6) is 5.75 Å². The molecule has 154 valence electrons. The lowest BCUT2D eigenvalue weighted by atomic mass is 10.2. The molecule has 1 aliphatic heterocycles. The number of nitrogens with zero attached hydrogens (tertiary/aromatic N) is 5. The van der Waals surface area contributed by atoms with Gasteiger partial charge in [-0.3, -0.25) is 4.79 Å². The first-order valence-electron chi connectivity index (χ1n) is 9.29. The lowest BCUT2D eigenvalue weighted by molar-refractivity contribution is -0.114. The Morgan fingerprint density at radius 3 is 2.81 bits per heavy atom. The van der Waals surface area contributed by atoms with Gasteiger partial charge in [-0.25, -0.2) is 15.0 Å². The fourth-order valence-electron chi connectivity index (χ4n) is 3.16. The summed E-state index contributed by atoms with van der Waals surface area (Å²) in [7, 11) is 1.62. The van der Waals surface area contributed by atoms with Crippen molar-refractivity contribution in [2.24, 2.45) is 4.99 Å². The maximum atomic E-state index is 12.3. The zero-order valence-electron chi connectivity index (χ0n) is 16.2. The normalized spacial score (nSPS) is 14.0. The molecule has 8 nitrogen and oxygen atoms in total. The number of rotatable bonds is 4. The van der Waals surface area contributed by atoms with Gasteiger partial charge in [0.1, 0.15) is 11.4 Å². The Balaban J connectivity index is 1.70. The van der Waals surface area contributed by atoms with Gasteiger partial charge < -0.3 is 10.1 Å². The van der Waals surface area contributed by atoms with Gasteiger partial charge in [0.15, 0.2) is 11.5 Å². The second-order valence-corrected chi connectivity index (χ2v) is 8.33. The number of para-hydroxylation sites is 1. The lowest BCUT2D eigenvalue weighted by Crippen LogP contribution is -2.13. The van der Waals surface area contributed by atoms with Crippen molar-refractivity contribution in [3.05, 3.63) is 58.0 Å². The zero-order chi connectivity index (χ0) is 21.4. The van der Waals surface area contributed by atoms with Crippen molar-refractivity contribution in [1.29, 1.82) is 0 Å². The Morgan fingerprint density at radius 1 is 1.16 bits per heavy atom.